The predicted molar refractivity (Wildman–Crippen MR) is 320 cm³/mol. The van der Waals surface area contributed by atoms with Gasteiger partial charge in [-0.25, -0.2) is 4.98 Å². The molecule has 5 nitrogen and oxygen atoms in total. The van der Waals surface area contributed by atoms with E-state index in [1.807, 2.05) is 30.5 Å². The van der Waals surface area contributed by atoms with Crippen molar-refractivity contribution in [1.29, 1.82) is 0 Å². The second-order valence-corrected chi connectivity index (χ2v) is 24.9. The third-order valence-corrected chi connectivity index (χ3v) is 16.8. The predicted octanol–water partition coefficient (Wildman–Crippen LogP) is 18.5. The molecule has 2 aliphatic rings. The molecule has 1 aliphatic heterocycles. The molecule has 5 heteroatoms. The molecule has 13 rings (SSSR count). The summed E-state index contributed by atoms with van der Waals surface area (Å²) in [5.74, 6) is 2.16. The summed E-state index contributed by atoms with van der Waals surface area (Å²) in [5.41, 5.74) is 16.1. The molecule has 1 aliphatic carbocycles. The summed E-state index contributed by atoms with van der Waals surface area (Å²) >= 11 is 0. The van der Waals surface area contributed by atoms with Gasteiger partial charge in [0.15, 0.2) is 0 Å². The van der Waals surface area contributed by atoms with Crippen LogP contribution < -0.4 is 9.30 Å². The average Bonchev–Trinajstić information content (AvgIpc) is 2.20. The molecule has 0 atom stereocenters. The molecule has 8 aromatic carbocycles. The lowest BCUT2D eigenvalue weighted by atomic mass is 9.62. The molecule has 0 bridgehead atoms. The van der Waals surface area contributed by atoms with Crippen LogP contribution >= 0.6 is 0 Å². The fourth-order valence-electron chi connectivity index (χ4n) is 12.5. The average molecular weight is 1010 g/mol. The first-order valence-electron chi connectivity index (χ1n) is 30.1. The van der Waals surface area contributed by atoms with Crippen molar-refractivity contribution >= 4 is 32.8 Å². The van der Waals surface area contributed by atoms with Gasteiger partial charge in [-0.05, 0) is 187 Å². The monoisotopic (exact) mass is 1010 g/mol. The van der Waals surface area contributed by atoms with E-state index in [2.05, 4.69) is 211 Å². The summed E-state index contributed by atoms with van der Waals surface area (Å²) in [5, 5.41) is 2.23. The van der Waals surface area contributed by atoms with Crippen molar-refractivity contribution in [3.05, 3.63) is 210 Å². The molecule has 3 aromatic heterocycles. The minimum atomic E-state index is -2.61. The van der Waals surface area contributed by atoms with Crippen LogP contribution in [-0.2, 0) is 21.7 Å². The van der Waals surface area contributed by atoms with Crippen molar-refractivity contribution in [3.63, 3.8) is 0 Å². The summed E-state index contributed by atoms with van der Waals surface area (Å²) in [6, 6.07) is 55.9. The lowest BCUT2D eigenvalue weighted by Crippen LogP contribution is -2.35. The topological polar surface area (TPSA) is 35.9 Å². The molecule has 0 N–H and O–H groups in total. The smallest absolute Gasteiger partial charge is 0.269 e. The summed E-state index contributed by atoms with van der Waals surface area (Å²) in [6.07, 6.45) is 7.88. The van der Waals surface area contributed by atoms with Gasteiger partial charge in [-0.15, -0.1) is 0 Å². The number of fused-ring (bicyclic) bond motifs is 11. The summed E-state index contributed by atoms with van der Waals surface area (Å²) < 4.78 is 66.7. The number of rotatable bonds is 5. The van der Waals surface area contributed by atoms with Crippen LogP contribution in [0.15, 0.2) is 170 Å². The Morgan fingerprint density at radius 3 is 1.90 bits per heavy atom. The maximum absolute atomic E-state index is 8.87. The van der Waals surface area contributed by atoms with Crippen molar-refractivity contribution in [2.75, 3.05) is 0 Å². The third-order valence-electron chi connectivity index (χ3n) is 16.8. The first-order valence-corrected chi connectivity index (χ1v) is 27.1. The maximum Gasteiger partial charge on any atom is 0.269 e. The summed E-state index contributed by atoms with van der Waals surface area (Å²) in [6.45, 7) is 17.3. The molecule has 11 aromatic rings. The normalized spacial score (nSPS) is 16.1. The van der Waals surface area contributed by atoms with Crippen molar-refractivity contribution in [2.45, 2.75) is 117 Å². The SMILES string of the molecule is [2H]C([2H])([2H])c1cccc(C([2H])([2H])[2H])c1-c1cc2c(c(C(C)(C)C)c1)-[n+]1[c-]n(-c3cccc(Oc4ccc5c6ccccc6n(-c6cc(C(C)(C)C)ccn6)c5c4)c3)c3cccc(c31)-c1ccccc1-c1cc3c(cc1-2)C(C)(C)CCC3(C)C. The number of imidazole rings is 1. The summed E-state index contributed by atoms with van der Waals surface area (Å²) in [4.78, 5) is 4.92. The van der Waals surface area contributed by atoms with Gasteiger partial charge < -0.3 is 4.74 Å². The molecule has 0 saturated heterocycles. The van der Waals surface area contributed by atoms with Crippen LogP contribution in [0.4, 0.5) is 0 Å². The van der Waals surface area contributed by atoms with Gasteiger partial charge in [0.2, 0.25) is 0 Å². The minimum absolute atomic E-state index is 0.00157. The van der Waals surface area contributed by atoms with Gasteiger partial charge in [0.1, 0.15) is 17.3 Å². The zero-order valence-corrected chi connectivity index (χ0v) is 45.8. The van der Waals surface area contributed by atoms with E-state index in [0.717, 1.165) is 102 Å². The van der Waals surface area contributed by atoms with Gasteiger partial charge in [-0.2, -0.15) is 0 Å². The van der Waals surface area contributed by atoms with Crippen molar-refractivity contribution < 1.29 is 17.5 Å². The first-order chi connectivity index (χ1) is 39.2. The fourth-order valence-corrected chi connectivity index (χ4v) is 12.5. The molecule has 0 spiro atoms. The van der Waals surface area contributed by atoms with Gasteiger partial charge in [0.05, 0.1) is 33.4 Å². The number of aryl methyl sites for hydroxylation is 2. The van der Waals surface area contributed by atoms with E-state index < -0.39 is 19.1 Å². The van der Waals surface area contributed by atoms with E-state index >= 15 is 0 Å². The third kappa shape index (κ3) is 7.86. The minimum Gasteiger partial charge on any atom is -0.458 e. The zero-order chi connectivity index (χ0) is 58.5. The zero-order valence-electron chi connectivity index (χ0n) is 51.8. The molecular formula is C72H68N4O. The molecule has 0 saturated carbocycles. The van der Waals surface area contributed by atoms with Crippen molar-refractivity contribution in [2.24, 2.45) is 0 Å². The first kappa shape index (κ1) is 42.1. The highest BCUT2D eigenvalue weighted by atomic mass is 16.5. The summed E-state index contributed by atoms with van der Waals surface area (Å²) in [7, 11) is 0. The van der Waals surface area contributed by atoms with E-state index in [1.54, 1.807) is 18.2 Å². The quantitative estimate of drug-likeness (QED) is 0.127. The van der Waals surface area contributed by atoms with Crippen LogP contribution in [0.25, 0.3) is 94.5 Å². The van der Waals surface area contributed by atoms with Gasteiger partial charge in [-0.1, -0.05) is 166 Å². The number of pyridine rings is 1. The molecule has 0 radical (unpaired) electrons. The maximum atomic E-state index is 8.87. The standard InChI is InChI=1S/C72H68N4O/c1-44-20-17-21-45(2)66(44)46-36-58-57-42-60-59(71(9,10)33-34-72(60,11)12)41-56(57)52-25-14-13-24-51(52)55-27-19-29-63-68(55)75(67(58)61(37-46)70(6,7)8)43-74(63)48-22-18-23-49(39-48)77-50-30-31-54-53-26-15-16-28-62(53)76(64(54)40-50)65-38-47(32-35-73-65)69(3,4)5/h13-32,35-42H,33-34H2,1-12H3/i1D3,2D3. The molecule has 0 amide bonds. The highest BCUT2D eigenvalue weighted by Gasteiger charge is 2.39. The Labute approximate surface area is 462 Å². The molecule has 4 heterocycles. The molecule has 382 valence electrons. The van der Waals surface area contributed by atoms with Crippen LogP contribution in [0.1, 0.15) is 124 Å². The Morgan fingerprint density at radius 2 is 1.18 bits per heavy atom. The lowest BCUT2D eigenvalue weighted by Gasteiger charge is -2.42. The number of para-hydroxylation sites is 2. The van der Waals surface area contributed by atoms with Crippen molar-refractivity contribution in [1.82, 2.24) is 14.1 Å². The van der Waals surface area contributed by atoms with Crippen LogP contribution in [0.2, 0.25) is 0 Å². The van der Waals surface area contributed by atoms with Gasteiger partial charge in [0.25, 0.3) is 6.33 Å². The molecular weight excluding hydrogens is 937 g/mol. The highest BCUT2D eigenvalue weighted by Crippen LogP contribution is 2.53. The Kier molecular flexibility index (Phi) is 9.44. The largest absolute Gasteiger partial charge is 0.458 e. The number of hydrogen-bond acceptors (Lipinski definition) is 2. The van der Waals surface area contributed by atoms with Crippen LogP contribution in [0.5, 0.6) is 11.5 Å². The fraction of sp³-hybridized carbons (Fsp3) is 0.250. The van der Waals surface area contributed by atoms with E-state index in [1.165, 1.54) is 16.7 Å². The van der Waals surface area contributed by atoms with E-state index in [-0.39, 0.29) is 32.9 Å². The van der Waals surface area contributed by atoms with E-state index in [4.69, 9.17) is 17.9 Å². The Hall–Kier alpha value is -8.02. The van der Waals surface area contributed by atoms with Crippen molar-refractivity contribution in [3.8, 4) is 73.2 Å². The number of nitrogens with zero attached hydrogens (tertiary/aromatic N) is 4. The second-order valence-electron chi connectivity index (χ2n) is 24.9. The molecule has 77 heavy (non-hydrogen) atoms. The Morgan fingerprint density at radius 1 is 0.558 bits per heavy atom. The number of benzene rings is 8. The van der Waals surface area contributed by atoms with E-state index in [0.29, 0.717) is 17.1 Å². The Balaban J connectivity index is 1.07. The van der Waals surface area contributed by atoms with Gasteiger partial charge in [-0.3, -0.25) is 13.7 Å². The Bertz CT molecular complexity index is 4450. The highest BCUT2D eigenvalue weighted by molar-refractivity contribution is 6.09. The van der Waals surface area contributed by atoms with Gasteiger partial charge >= 0.3 is 0 Å². The van der Waals surface area contributed by atoms with Crippen LogP contribution in [-0.4, -0.2) is 14.1 Å². The van der Waals surface area contributed by atoms with Gasteiger partial charge in [0, 0.05) is 31.3 Å². The lowest BCUT2D eigenvalue weighted by molar-refractivity contribution is -0.572. The second kappa shape index (κ2) is 17.2. The van der Waals surface area contributed by atoms with Crippen LogP contribution in [0, 0.1) is 20.0 Å². The number of ether oxygens (including phenoxy) is 1. The molecule has 0 fully saturated rings. The number of hydrogen-bond donors (Lipinski definition) is 0. The molecule has 0 unspecified atom stereocenters. The number of aromatic nitrogens is 4. The van der Waals surface area contributed by atoms with E-state index in [9.17, 15) is 0 Å². The van der Waals surface area contributed by atoms with Crippen LogP contribution in [0.3, 0.4) is 0 Å².